The Morgan fingerprint density at radius 1 is 1.31 bits per heavy atom. The van der Waals surface area contributed by atoms with Crippen LogP contribution in [0.3, 0.4) is 0 Å². The molecule has 2 aromatic rings. The van der Waals surface area contributed by atoms with Gasteiger partial charge in [0.05, 0.1) is 12.0 Å². The molecule has 0 saturated carbocycles. The number of anilines is 1. The summed E-state index contributed by atoms with van der Waals surface area (Å²) < 4.78 is 11.2. The highest BCUT2D eigenvalue weighted by atomic mass is 16.6. The fraction of sp³-hybridized carbons (Fsp3) is 0.421. The maximum atomic E-state index is 10.8. The fourth-order valence-electron chi connectivity index (χ4n) is 3.40. The van der Waals surface area contributed by atoms with Gasteiger partial charge < -0.3 is 14.8 Å². The molecule has 7 heteroatoms. The van der Waals surface area contributed by atoms with E-state index in [1.54, 1.807) is 13.2 Å². The average molecular weight is 357 g/mol. The molecule has 138 valence electrons. The highest BCUT2D eigenvalue weighted by Crippen LogP contribution is 2.40. The minimum absolute atomic E-state index is 0.0170. The van der Waals surface area contributed by atoms with Crippen molar-refractivity contribution in [1.82, 2.24) is 4.98 Å². The molecule has 1 aromatic carbocycles. The smallest absolute Gasteiger partial charge is 0.287 e. The lowest BCUT2D eigenvalue weighted by atomic mass is 9.73. The number of aryl methyl sites for hydroxylation is 1. The van der Waals surface area contributed by atoms with Crippen molar-refractivity contribution in [3.05, 3.63) is 57.8 Å². The summed E-state index contributed by atoms with van der Waals surface area (Å²) in [5.41, 5.74) is 2.19. The molecule has 0 atom stereocenters. The van der Waals surface area contributed by atoms with Gasteiger partial charge in [0.25, 0.3) is 5.69 Å². The summed E-state index contributed by atoms with van der Waals surface area (Å²) in [6.45, 7) is 4.10. The van der Waals surface area contributed by atoms with Gasteiger partial charge in [0.1, 0.15) is 17.8 Å². The third-order valence-electron chi connectivity index (χ3n) is 4.94. The molecular weight excluding hydrogens is 334 g/mol. The molecule has 0 amide bonds. The van der Waals surface area contributed by atoms with E-state index in [0.29, 0.717) is 25.6 Å². The van der Waals surface area contributed by atoms with Gasteiger partial charge in [-0.1, -0.05) is 17.7 Å². The van der Waals surface area contributed by atoms with Crippen molar-refractivity contribution in [1.29, 1.82) is 0 Å². The van der Waals surface area contributed by atoms with Crippen LogP contribution in [0.2, 0.25) is 0 Å². The molecule has 3 rings (SSSR count). The van der Waals surface area contributed by atoms with Crippen LogP contribution in [-0.2, 0) is 10.2 Å². The van der Waals surface area contributed by atoms with Gasteiger partial charge in [0.2, 0.25) is 0 Å². The maximum Gasteiger partial charge on any atom is 0.287 e. The average Bonchev–Trinajstić information content (AvgIpc) is 2.67. The van der Waals surface area contributed by atoms with Crippen LogP contribution in [0.4, 0.5) is 11.5 Å². The molecule has 0 radical (unpaired) electrons. The lowest BCUT2D eigenvalue weighted by molar-refractivity contribution is -0.385. The Bertz CT molecular complexity index is 771. The standard InChI is InChI=1S/C19H23N3O4/c1-14-3-5-17(25-2)16(11-14)19(7-9-26-10-8-19)13-21-18-6-4-15(12-20-18)22(23)24/h3-6,11-12H,7-10,13H2,1-2H3,(H,20,21). The van der Waals surface area contributed by atoms with Gasteiger partial charge in [-0.05, 0) is 31.9 Å². The van der Waals surface area contributed by atoms with Crippen LogP contribution in [0.25, 0.3) is 0 Å². The lowest BCUT2D eigenvalue weighted by Gasteiger charge is -2.39. The topological polar surface area (TPSA) is 86.5 Å². The molecule has 1 fully saturated rings. The predicted molar refractivity (Wildman–Crippen MR) is 98.8 cm³/mol. The third kappa shape index (κ3) is 3.77. The Morgan fingerprint density at radius 2 is 2.08 bits per heavy atom. The highest BCUT2D eigenvalue weighted by Gasteiger charge is 2.37. The molecule has 1 N–H and O–H groups in total. The van der Waals surface area contributed by atoms with Crippen LogP contribution < -0.4 is 10.1 Å². The Kier molecular flexibility index (Phi) is 5.37. The molecular formula is C19H23N3O4. The van der Waals surface area contributed by atoms with E-state index in [9.17, 15) is 10.1 Å². The van der Waals surface area contributed by atoms with Gasteiger partial charge in [-0.15, -0.1) is 0 Å². The number of nitrogens with zero attached hydrogens (tertiary/aromatic N) is 2. The molecule has 2 heterocycles. The van der Waals surface area contributed by atoms with Crippen molar-refractivity contribution in [2.75, 3.05) is 32.2 Å². The van der Waals surface area contributed by atoms with E-state index in [-0.39, 0.29) is 11.1 Å². The molecule has 0 aliphatic carbocycles. The van der Waals surface area contributed by atoms with Crippen molar-refractivity contribution in [3.8, 4) is 5.75 Å². The maximum absolute atomic E-state index is 10.8. The van der Waals surface area contributed by atoms with Gasteiger partial charge in [-0.3, -0.25) is 10.1 Å². The Balaban J connectivity index is 1.86. The predicted octanol–water partition coefficient (Wildman–Crippen LogP) is 3.47. The number of rotatable bonds is 6. The minimum Gasteiger partial charge on any atom is -0.496 e. The van der Waals surface area contributed by atoms with Crippen LogP contribution >= 0.6 is 0 Å². The van der Waals surface area contributed by atoms with E-state index in [0.717, 1.165) is 24.2 Å². The van der Waals surface area contributed by atoms with Crippen LogP contribution in [0.5, 0.6) is 5.75 Å². The summed E-state index contributed by atoms with van der Waals surface area (Å²) in [6, 6.07) is 9.32. The first-order chi connectivity index (χ1) is 12.5. The molecule has 26 heavy (non-hydrogen) atoms. The number of nitrogens with one attached hydrogen (secondary N) is 1. The van der Waals surface area contributed by atoms with Gasteiger partial charge in [0, 0.05) is 36.8 Å². The highest BCUT2D eigenvalue weighted by molar-refractivity contribution is 5.46. The Hall–Kier alpha value is -2.67. The lowest BCUT2D eigenvalue weighted by Crippen LogP contribution is -2.40. The normalized spacial score (nSPS) is 16.1. The van der Waals surface area contributed by atoms with Gasteiger partial charge in [-0.25, -0.2) is 4.98 Å². The van der Waals surface area contributed by atoms with Crippen molar-refractivity contribution in [2.45, 2.75) is 25.2 Å². The second-order valence-electron chi connectivity index (χ2n) is 6.61. The number of methoxy groups -OCH3 is 1. The summed E-state index contributed by atoms with van der Waals surface area (Å²) in [6.07, 6.45) is 3.01. The SMILES string of the molecule is COc1ccc(C)cc1C1(CNc2ccc([N+](=O)[O-])cn2)CCOCC1. The van der Waals surface area contributed by atoms with E-state index in [1.165, 1.54) is 17.8 Å². The first-order valence-corrected chi connectivity index (χ1v) is 8.61. The monoisotopic (exact) mass is 357 g/mol. The van der Waals surface area contributed by atoms with E-state index in [2.05, 4.69) is 23.3 Å². The number of aromatic nitrogens is 1. The zero-order chi connectivity index (χ0) is 18.6. The van der Waals surface area contributed by atoms with Crippen LogP contribution in [0, 0.1) is 17.0 Å². The number of ether oxygens (including phenoxy) is 2. The van der Waals surface area contributed by atoms with Crippen LogP contribution in [0.1, 0.15) is 24.0 Å². The second-order valence-corrected chi connectivity index (χ2v) is 6.61. The number of pyridine rings is 1. The van der Waals surface area contributed by atoms with E-state index < -0.39 is 4.92 Å². The zero-order valence-electron chi connectivity index (χ0n) is 15.0. The largest absolute Gasteiger partial charge is 0.496 e. The quantitative estimate of drug-likeness (QED) is 0.629. The zero-order valence-corrected chi connectivity index (χ0v) is 15.0. The molecule has 0 spiro atoms. The van der Waals surface area contributed by atoms with Crippen LogP contribution in [0.15, 0.2) is 36.5 Å². The molecule has 0 bridgehead atoms. The first-order valence-electron chi connectivity index (χ1n) is 8.61. The summed E-state index contributed by atoms with van der Waals surface area (Å²) in [4.78, 5) is 14.5. The minimum atomic E-state index is -0.450. The number of hydrogen-bond donors (Lipinski definition) is 1. The molecule has 1 saturated heterocycles. The van der Waals surface area contributed by atoms with E-state index in [1.807, 2.05) is 12.1 Å². The van der Waals surface area contributed by atoms with E-state index in [4.69, 9.17) is 9.47 Å². The molecule has 1 aromatic heterocycles. The summed E-state index contributed by atoms with van der Waals surface area (Å²) in [5.74, 6) is 1.49. The summed E-state index contributed by atoms with van der Waals surface area (Å²) >= 11 is 0. The number of benzene rings is 1. The van der Waals surface area contributed by atoms with E-state index >= 15 is 0 Å². The van der Waals surface area contributed by atoms with Crippen molar-refractivity contribution < 1.29 is 14.4 Å². The molecule has 0 unspecified atom stereocenters. The van der Waals surface area contributed by atoms with Crippen molar-refractivity contribution in [2.24, 2.45) is 0 Å². The summed E-state index contributed by atoms with van der Waals surface area (Å²) in [5, 5.41) is 14.1. The molecule has 1 aliphatic heterocycles. The number of hydrogen-bond acceptors (Lipinski definition) is 6. The molecule has 7 nitrogen and oxygen atoms in total. The van der Waals surface area contributed by atoms with Gasteiger partial charge >= 0.3 is 0 Å². The third-order valence-corrected chi connectivity index (χ3v) is 4.94. The second kappa shape index (κ2) is 7.70. The van der Waals surface area contributed by atoms with Crippen molar-refractivity contribution in [3.63, 3.8) is 0 Å². The number of nitro groups is 1. The molecule has 1 aliphatic rings. The van der Waals surface area contributed by atoms with Crippen LogP contribution in [-0.4, -0.2) is 36.8 Å². The summed E-state index contributed by atoms with van der Waals surface area (Å²) in [7, 11) is 1.69. The van der Waals surface area contributed by atoms with Gasteiger partial charge in [0.15, 0.2) is 0 Å². The van der Waals surface area contributed by atoms with Gasteiger partial charge in [-0.2, -0.15) is 0 Å². The Morgan fingerprint density at radius 3 is 2.69 bits per heavy atom. The Labute approximate surface area is 152 Å². The fourth-order valence-corrected chi connectivity index (χ4v) is 3.40. The first kappa shape index (κ1) is 18.1. The van der Waals surface area contributed by atoms with Crippen molar-refractivity contribution >= 4 is 11.5 Å².